The van der Waals surface area contributed by atoms with Crippen molar-refractivity contribution in [2.75, 3.05) is 19.5 Å². The fraction of sp³-hybridized carbons (Fsp3) is 0.125. The molecule has 7 nitrogen and oxygen atoms in total. The lowest BCUT2D eigenvalue weighted by Crippen LogP contribution is -2.12. The molecular weight excluding hydrogens is 300 g/mol. The van der Waals surface area contributed by atoms with Crippen LogP contribution in [0.5, 0.6) is 11.5 Å². The van der Waals surface area contributed by atoms with Gasteiger partial charge in [-0.15, -0.1) is 0 Å². The minimum Gasteiger partial charge on any atom is -0.497 e. The van der Waals surface area contributed by atoms with Gasteiger partial charge in [-0.3, -0.25) is 10.1 Å². The van der Waals surface area contributed by atoms with Crippen LogP contribution in [0.1, 0.15) is 10.4 Å². The number of benzene rings is 1. The highest BCUT2D eigenvalue weighted by Gasteiger charge is 2.16. The summed E-state index contributed by atoms with van der Waals surface area (Å²) in [7, 11) is 3.02. The van der Waals surface area contributed by atoms with Crippen molar-refractivity contribution < 1.29 is 23.2 Å². The van der Waals surface area contributed by atoms with Gasteiger partial charge in [0.05, 0.1) is 26.0 Å². The SMILES string of the molecule is COc1ccc(C(=O)Nc2cc(-c3ccco3)no2)c(OC)c1. The molecule has 0 fully saturated rings. The number of carbonyl (C=O) groups is 1. The fourth-order valence-corrected chi connectivity index (χ4v) is 2.04. The largest absolute Gasteiger partial charge is 0.497 e. The molecule has 7 heteroatoms. The van der Waals surface area contributed by atoms with Gasteiger partial charge in [0.2, 0.25) is 5.88 Å². The molecule has 1 N–H and O–H groups in total. The molecule has 0 saturated heterocycles. The first-order valence-electron chi connectivity index (χ1n) is 6.75. The van der Waals surface area contributed by atoms with E-state index in [1.165, 1.54) is 13.4 Å². The number of aromatic nitrogens is 1. The fourth-order valence-electron chi connectivity index (χ4n) is 2.04. The quantitative estimate of drug-likeness (QED) is 0.778. The summed E-state index contributed by atoms with van der Waals surface area (Å²) in [6.07, 6.45) is 1.53. The first-order valence-corrected chi connectivity index (χ1v) is 6.75. The molecule has 0 aliphatic carbocycles. The number of carbonyl (C=O) groups excluding carboxylic acids is 1. The zero-order valence-corrected chi connectivity index (χ0v) is 12.5. The topological polar surface area (TPSA) is 86.7 Å². The van der Waals surface area contributed by atoms with Gasteiger partial charge in [0.15, 0.2) is 11.5 Å². The Morgan fingerprint density at radius 2 is 2.04 bits per heavy atom. The average Bonchev–Trinajstić information content (AvgIpc) is 3.25. The smallest absolute Gasteiger partial charge is 0.261 e. The molecule has 0 spiro atoms. The molecular formula is C16H14N2O5. The maximum absolute atomic E-state index is 12.3. The zero-order valence-electron chi connectivity index (χ0n) is 12.5. The van der Waals surface area contributed by atoms with Crippen molar-refractivity contribution >= 4 is 11.8 Å². The Bertz CT molecular complexity index is 808. The highest BCUT2D eigenvalue weighted by molar-refractivity contribution is 6.05. The van der Waals surface area contributed by atoms with E-state index in [1.54, 1.807) is 43.5 Å². The zero-order chi connectivity index (χ0) is 16.2. The van der Waals surface area contributed by atoms with Crippen LogP contribution in [0.4, 0.5) is 5.88 Å². The van der Waals surface area contributed by atoms with Crippen LogP contribution < -0.4 is 14.8 Å². The molecule has 0 atom stereocenters. The summed E-state index contributed by atoms with van der Waals surface area (Å²) in [6, 6.07) is 9.97. The van der Waals surface area contributed by atoms with Crippen molar-refractivity contribution in [3.05, 3.63) is 48.2 Å². The Hall–Kier alpha value is -3.22. The van der Waals surface area contributed by atoms with Gasteiger partial charge in [0.1, 0.15) is 11.5 Å². The molecule has 0 unspecified atom stereocenters. The predicted octanol–water partition coefficient (Wildman–Crippen LogP) is 3.20. The number of ether oxygens (including phenoxy) is 2. The number of furan rings is 1. The molecule has 23 heavy (non-hydrogen) atoms. The lowest BCUT2D eigenvalue weighted by molar-refractivity contribution is 0.102. The molecule has 3 rings (SSSR count). The lowest BCUT2D eigenvalue weighted by atomic mass is 10.1. The monoisotopic (exact) mass is 314 g/mol. The number of hydrogen-bond acceptors (Lipinski definition) is 6. The number of hydrogen-bond donors (Lipinski definition) is 1. The first-order chi connectivity index (χ1) is 11.2. The maximum atomic E-state index is 12.3. The number of anilines is 1. The van der Waals surface area contributed by atoms with E-state index >= 15 is 0 Å². The Morgan fingerprint density at radius 3 is 2.74 bits per heavy atom. The van der Waals surface area contributed by atoms with Gasteiger partial charge in [-0.05, 0) is 24.3 Å². The van der Waals surface area contributed by atoms with Gasteiger partial charge in [0.25, 0.3) is 5.91 Å². The summed E-state index contributed by atoms with van der Waals surface area (Å²) >= 11 is 0. The Labute approximate surface area is 131 Å². The van der Waals surface area contributed by atoms with Gasteiger partial charge < -0.3 is 18.4 Å². The predicted molar refractivity (Wildman–Crippen MR) is 81.7 cm³/mol. The van der Waals surface area contributed by atoms with Gasteiger partial charge in [-0.25, -0.2) is 0 Å². The number of rotatable bonds is 5. The summed E-state index contributed by atoms with van der Waals surface area (Å²) in [4.78, 5) is 12.3. The van der Waals surface area contributed by atoms with Crippen molar-refractivity contribution in [3.8, 4) is 23.0 Å². The van der Waals surface area contributed by atoms with E-state index in [2.05, 4.69) is 10.5 Å². The van der Waals surface area contributed by atoms with Gasteiger partial charge in [-0.1, -0.05) is 5.16 Å². The second-order valence-corrected chi connectivity index (χ2v) is 4.57. The van der Waals surface area contributed by atoms with Gasteiger partial charge in [0, 0.05) is 12.1 Å². The summed E-state index contributed by atoms with van der Waals surface area (Å²) in [5.74, 6) is 1.37. The van der Waals surface area contributed by atoms with Crippen molar-refractivity contribution in [2.45, 2.75) is 0 Å². The third kappa shape index (κ3) is 3.03. The standard InChI is InChI=1S/C16H14N2O5/c1-20-10-5-6-11(14(8-10)21-2)16(19)17-15-9-12(18-23-15)13-4-3-7-22-13/h3-9H,1-2H3,(H,17,19). The number of nitrogens with zero attached hydrogens (tertiary/aromatic N) is 1. The summed E-state index contributed by atoms with van der Waals surface area (Å²) in [5.41, 5.74) is 0.844. The molecule has 0 aliphatic heterocycles. The molecule has 1 amide bonds. The van der Waals surface area contributed by atoms with E-state index in [4.69, 9.17) is 18.4 Å². The normalized spacial score (nSPS) is 10.3. The number of methoxy groups -OCH3 is 2. The second-order valence-electron chi connectivity index (χ2n) is 4.57. The van der Waals surface area contributed by atoms with Crippen LogP contribution >= 0.6 is 0 Å². The van der Waals surface area contributed by atoms with Crippen LogP contribution in [-0.4, -0.2) is 25.3 Å². The van der Waals surface area contributed by atoms with Crippen molar-refractivity contribution in [3.63, 3.8) is 0 Å². The van der Waals surface area contributed by atoms with Crippen molar-refractivity contribution in [1.29, 1.82) is 0 Å². The minimum atomic E-state index is -0.383. The molecule has 2 heterocycles. The van der Waals surface area contributed by atoms with E-state index in [-0.39, 0.29) is 11.8 Å². The Morgan fingerprint density at radius 1 is 1.17 bits per heavy atom. The molecule has 0 aliphatic rings. The highest BCUT2D eigenvalue weighted by atomic mass is 16.5. The molecule has 0 bridgehead atoms. The highest BCUT2D eigenvalue weighted by Crippen LogP contribution is 2.26. The average molecular weight is 314 g/mol. The number of amides is 1. The summed E-state index contributed by atoms with van der Waals surface area (Å²) in [6.45, 7) is 0. The molecule has 3 aromatic rings. The maximum Gasteiger partial charge on any atom is 0.261 e. The summed E-state index contributed by atoms with van der Waals surface area (Å²) < 4.78 is 20.6. The Balaban J connectivity index is 1.79. The summed E-state index contributed by atoms with van der Waals surface area (Å²) in [5, 5.41) is 6.46. The second kappa shape index (κ2) is 6.27. The van der Waals surface area contributed by atoms with Crippen molar-refractivity contribution in [2.24, 2.45) is 0 Å². The van der Waals surface area contributed by atoms with E-state index in [0.29, 0.717) is 28.5 Å². The molecule has 118 valence electrons. The van der Waals surface area contributed by atoms with Gasteiger partial charge >= 0.3 is 0 Å². The number of nitrogens with one attached hydrogen (secondary N) is 1. The van der Waals surface area contributed by atoms with E-state index in [0.717, 1.165) is 0 Å². The molecule has 1 aromatic carbocycles. The third-order valence-corrected chi connectivity index (χ3v) is 3.17. The Kier molecular flexibility index (Phi) is 4.01. The van der Waals surface area contributed by atoms with Crippen LogP contribution in [0.15, 0.2) is 51.6 Å². The third-order valence-electron chi connectivity index (χ3n) is 3.17. The van der Waals surface area contributed by atoms with E-state index in [9.17, 15) is 4.79 Å². The molecule has 2 aromatic heterocycles. The van der Waals surface area contributed by atoms with Gasteiger partial charge in [-0.2, -0.15) is 0 Å². The van der Waals surface area contributed by atoms with Crippen LogP contribution in [0.25, 0.3) is 11.5 Å². The van der Waals surface area contributed by atoms with Crippen LogP contribution in [0.2, 0.25) is 0 Å². The van der Waals surface area contributed by atoms with Crippen LogP contribution in [-0.2, 0) is 0 Å². The van der Waals surface area contributed by atoms with Crippen molar-refractivity contribution in [1.82, 2.24) is 5.16 Å². The van der Waals surface area contributed by atoms with E-state index < -0.39 is 0 Å². The lowest BCUT2D eigenvalue weighted by Gasteiger charge is -2.09. The van der Waals surface area contributed by atoms with E-state index in [1.807, 2.05) is 0 Å². The minimum absolute atomic E-state index is 0.208. The first kappa shape index (κ1) is 14.7. The molecule has 0 radical (unpaired) electrons. The van der Waals surface area contributed by atoms with Crippen LogP contribution in [0.3, 0.4) is 0 Å². The van der Waals surface area contributed by atoms with Crippen LogP contribution in [0, 0.1) is 0 Å². The molecule has 0 saturated carbocycles.